The van der Waals surface area contributed by atoms with Crippen LogP contribution in [0.3, 0.4) is 0 Å². The average Bonchev–Trinajstić information content (AvgIpc) is 3.46. The van der Waals surface area contributed by atoms with Crippen molar-refractivity contribution in [2.75, 3.05) is 19.6 Å². The summed E-state index contributed by atoms with van der Waals surface area (Å²) in [6.07, 6.45) is 5.23. The van der Waals surface area contributed by atoms with E-state index < -0.39 is 17.4 Å². The smallest absolute Gasteiger partial charge is 0.254 e. The summed E-state index contributed by atoms with van der Waals surface area (Å²) in [7, 11) is 0. The maximum Gasteiger partial charge on any atom is 0.254 e. The molecule has 2 amide bonds. The molecular weight excluding hydrogens is 396 g/mol. The van der Waals surface area contributed by atoms with Gasteiger partial charge < -0.3 is 19.5 Å². The van der Waals surface area contributed by atoms with E-state index in [4.69, 9.17) is 4.74 Å². The van der Waals surface area contributed by atoms with Gasteiger partial charge in [-0.3, -0.25) is 14.4 Å². The van der Waals surface area contributed by atoms with Crippen LogP contribution in [0, 0.1) is 24.7 Å². The standard InChI is InChI=1S/C23H28N4O4/c1-11(2)27-10-23-7-6-16(31-23)17(18(23)22(27)30)21(29)26-8-13-4-5-14-19(15(13)9-26)24-12(3)25-20(14)28/h6-7,11,13,15-18H,4-5,8-10H2,1-3H3,(H,24,25,28)/t13-,15+,16?,17?,18?,23?/m1/s1. The maximum absolute atomic E-state index is 13.7. The Balaban J connectivity index is 1.29. The summed E-state index contributed by atoms with van der Waals surface area (Å²) in [5, 5.41) is 0. The fraction of sp³-hybridized carbons (Fsp3) is 0.652. The Morgan fingerprint density at radius 1 is 1.32 bits per heavy atom. The second-order valence-corrected chi connectivity index (χ2v) is 10.1. The number of rotatable bonds is 2. The van der Waals surface area contributed by atoms with Crippen molar-refractivity contribution in [3.8, 4) is 0 Å². The first kappa shape index (κ1) is 19.2. The lowest BCUT2D eigenvalue weighted by atomic mass is 9.76. The van der Waals surface area contributed by atoms with Gasteiger partial charge in [-0.1, -0.05) is 12.2 Å². The van der Waals surface area contributed by atoms with E-state index in [-0.39, 0.29) is 35.4 Å². The van der Waals surface area contributed by atoms with Crippen LogP contribution in [-0.2, 0) is 20.7 Å². The number of aryl methyl sites for hydroxylation is 1. The molecule has 8 nitrogen and oxygen atoms in total. The quantitative estimate of drug-likeness (QED) is 0.707. The SMILES string of the molecule is Cc1nc2c(c(=O)[nH]1)CC[C@@H]1CN(C(=O)C3C4C=CC5(CN(C(C)C)C(=O)C35)O4)C[C@H]21. The van der Waals surface area contributed by atoms with Crippen molar-refractivity contribution in [1.29, 1.82) is 0 Å². The van der Waals surface area contributed by atoms with Crippen LogP contribution in [0.4, 0.5) is 0 Å². The van der Waals surface area contributed by atoms with E-state index in [9.17, 15) is 14.4 Å². The van der Waals surface area contributed by atoms with E-state index >= 15 is 0 Å². The number of aromatic amines is 1. The van der Waals surface area contributed by atoms with Gasteiger partial charge in [-0.15, -0.1) is 0 Å². The lowest BCUT2D eigenvalue weighted by Gasteiger charge is -2.28. The highest BCUT2D eigenvalue weighted by Gasteiger charge is 2.67. The van der Waals surface area contributed by atoms with Gasteiger partial charge in [0.05, 0.1) is 30.2 Å². The first-order valence-corrected chi connectivity index (χ1v) is 11.4. The molecule has 3 fully saturated rings. The highest BCUT2D eigenvalue weighted by atomic mass is 16.5. The second kappa shape index (κ2) is 6.28. The van der Waals surface area contributed by atoms with Crippen molar-refractivity contribution in [3.05, 3.63) is 39.6 Å². The van der Waals surface area contributed by atoms with Gasteiger partial charge in [0.15, 0.2) is 0 Å². The predicted molar refractivity (Wildman–Crippen MR) is 111 cm³/mol. The molecule has 0 aromatic carbocycles. The normalized spacial score (nSPS) is 37.5. The molecule has 4 unspecified atom stereocenters. The lowest BCUT2D eigenvalue weighted by Crippen LogP contribution is -2.45. The van der Waals surface area contributed by atoms with E-state index in [0.717, 1.165) is 17.7 Å². The Kier molecular flexibility index (Phi) is 3.89. The minimum atomic E-state index is -0.655. The summed E-state index contributed by atoms with van der Waals surface area (Å²) in [6, 6.07) is 0.0813. The lowest BCUT2D eigenvalue weighted by molar-refractivity contribution is -0.143. The van der Waals surface area contributed by atoms with Crippen LogP contribution in [0.15, 0.2) is 16.9 Å². The fourth-order valence-electron chi connectivity index (χ4n) is 6.62. The third kappa shape index (κ3) is 2.51. The number of hydrogen-bond acceptors (Lipinski definition) is 5. The Morgan fingerprint density at radius 2 is 2.13 bits per heavy atom. The largest absolute Gasteiger partial charge is 0.360 e. The minimum absolute atomic E-state index is 0.0118. The molecule has 1 aromatic heterocycles. The third-order valence-electron chi connectivity index (χ3n) is 8.07. The number of carbonyl (C=O) groups excluding carboxylic acids is 2. The van der Waals surface area contributed by atoms with E-state index in [1.54, 1.807) is 6.92 Å². The van der Waals surface area contributed by atoms with E-state index in [1.807, 2.05) is 35.8 Å². The van der Waals surface area contributed by atoms with Gasteiger partial charge in [-0.05, 0) is 39.5 Å². The second-order valence-electron chi connectivity index (χ2n) is 10.1. The molecule has 1 aliphatic carbocycles. The molecule has 1 aromatic rings. The Morgan fingerprint density at radius 3 is 2.90 bits per heavy atom. The van der Waals surface area contributed by atoms with Crippen LogP contribution in [0.1, 0.15) is 43.3 Å². The zero-order valence-corrected chi connectivity index (χ0v) is 18.1. The number of H-pyrrole nitrogens is 1. The topological polar surface area (TPSA) is 95.6 Å². The molecule has 5 heterocycles. The zero-order valence-electron chi connectivity index (χ0n) is 18.1. The van der Waals surface area contributed by atoms with Crippen LogP contribution in [0.25, 0.3) is 0 Å². The van der Waals surface area contributed by atoms with E-state index in [2.05, 4.69) is 9.97 Å². The van der Waals surface area contributed by atoms with Crippen molar-refractivity contribution in [3.63, 3.8) is 0 Å². The van der Waals surface area contributed by atoms with E-state index in [1.165, 1.54) is 0 Å². The molecule has 31 heavy (non-hydrogen) atoms. The number of nitrogens with zero attached hydrogens (tertiary/aromatic N) is 3. The van der Waals surface area contributed by atoms with Gasteiger partial charge in [-0.2, -0.15) is 0 Å². The summed E-state index contributed by atoms with van der Waals surface area (Å²) < 4.78 is 6.26. The van der Waals surface area contributed by atoms with Gasteiger partial charge in [0.1, 0.15) is 11.4 Å². The highest BCUT2D eigenvalue weighted by molar-refractivity contribution is 5.93. The first-order valence-electron chi connectivity index (χ1n) is 11.4. The summed E-state index contributed by atoms with van der Waals surface area (Å²) >= 11 is 0. The zero-order chi connectivity index (χ0) is 21.7. The molecule has 1 N–H and O–H groups in total. The van der Waals surface area contributed by atoms with Gasteiger partial charge in [0.2, 0.25) is 11.8 Å². The Labute approximate surface area is 180 Å². The van der Waals surface area contributed by atoms with Crippen LogP contribution < -0.4 is 5.56 Å². The van der Waals surface area contributed by atoms with E-state index in [0.29, 0.717) is 37.8 Å². The van der Waals surface area contributed by atoms with Gasteiger partial charge in [0.25, 0.3) is 5.56 Å². The number of aromatic nitrogens is 2. The molecule has 164 valence electrons. The van der Waals surface area contributed by atoms with Crippen molar-refractivity contribution in [2.24, 2.45) is 17.8 Å². The average molecular weight is 425 g/mol. The Hall–Kier alpha value is -2.48. The number of carbonyl (C=O) groups is 2. The molecule has 6 rings (SSSR count). The number of hydrogen-bond donors (Lipinski definition) is 1. The number of amides is 2. The molecule has 0 saturated carbocycles. The third-order valence-corrected chi connectivity index (χ3v) is 8.07. The van der Waals surface area contributed by atoms with Crippen molar-refractivity contribution in [2.45, 2.75) is 57.3 Å². The van der Waals surface area contributed by atoms with Gasteiger partial charge >= 0.3 is 0 Å². The molecule has 4 aliphatic heterocycles. The highest BCUT2D eigenvalue weighted by Crippen LogP contribution is 2.53. The first-order chi connectivity index (χ1) is 14.8. The van der Waals surface area contributed by atoms with Crippen molar-refractivity contribution >= 4 is 11.8 Å². The predicted octanol–water partition coefficient (Wildman–Crippen LogP) is 0.757. The van der Waals surface area contributed by atoms with Crippen LogP contribution in [0.5, 0.6) is 0 Å². The van der Waals surface area contributed by atoms with Crippen molar-refractivity contribution in [1.82, 2.24) is 19.8 Å². The van der Waals surface area contributed by atoms with Gasteiger partial charge in [-0.25, -0.2) is 4.98 Å². The molecule has 2 bridgehead atoms. The monoisotopic (exact) mass is 424 g/mol. The summed E-state index contributed by atoms with van der Waals surface area (Å²) in [4.78, 5) is 50.6. The maximum atomic E-state index is 13.7. The van der Waals surface area contributed by atoms with Crippen LogP contribution in [0.2, 0.25) is 0 Å². The molecule has 0 radical (unpaired) electrons. The fourth-order valence-corrected chi connectivity index (χ4v) is 6.62. The van der Waals surface area contributed by atoms with Gasteiger partial charge in [0, 0.05) is 30.6 Å². The molecule has 5 aliphatic rings. The summed E-state index contributed by atoms with van der Waals surface area (Å²) in [6.45, 7) is 7.54. The molecular formula is C23H28N4O4. The number of likely N-dealkylation sites (tertiary alicyclic amines) is 2. The molecule has 8 heteroatoms. The van der Waals surface area contributed by atoms with Crippen molar-refractivity contribution < 1.29 is 14.3 Å². The molecule has 3 saturated heterocycles. The summed E-state index contributed by atoms with van der Waals surface area (Å²) in [5.74, 6) is 0.159. The Bertz CT molecular complexity index is 1080. The molecule has 6 atom stereocenters. The minimum Gasteiger partial charge on any atom is -0.360 e. The van der Waals surface area contributed by atoms with Crippen LogP contribution in [-0.4, -0.2) is 69.0 Å². The number of ether oxygens (including phenoxy) is 1. The number of fused-ring (bicyclic) bond motifs is 4. The molecule has 1 spiro atoms. The van der Waals surface area contributed by atoms with Crippen LogP contribution >= 0.6 is 0 Å². The summed E-state index contributed by atoms with van der Waals surface area (Å²) in [5.41, 5.74) is 0.919. The number of nitrogens with one attached hydrogen (secondary N) is 1.